The molecule has 0 spiro atoms. The Kier molecular flexibility index (Phi) is 2.73. The smallest absolute Gasteiger partial charge is 0.123 e. The highest BCUT2D eigenvalue weighted by Crippen LogP contribution is 2.30. The van der Waals surface area contributed by atoms with Gasteiger partial charge in [-0.25, -0.2) is 0 Å². The number of ether oxygens (including phenoxy) is 1. The van der Waals surface area contributed by atoms with Gasteiger partial charge >= 0.3 is 0 Å². The summed E-state index contributed by atoms with van der Waals surface area (Å²) < 4.78 is 5.32. The number of methoxy groups -OCH3 is 1. The van der Waals surface area contributed by atoms with Gasteiger partial charge < -0.3 is 10.5 Å². The largest absolute Gasteiger partial charge is 0.496 e. The first-order chi connectivity index (χ1) is 6.86. The van der Waals surface area contributed by atoms with Crippen LogP contribution in [0.1, 0.15) is 29.5 Å². The maximum Gasteiger partial charge on any atom is 0.123 e. The first kappa shape index (κ1) is 9.53. The zero-order valence-electron chi connectivity index (χ0n) is 8.68. The Morgan fingerprint density at radius 1 is 1.29 bits per heavy atom. The molecule has 2 heteroatoms. The molecule has 0 saturated carbocycles. The number of hydrogen-bond acceptors (Lipinski definition) is 2. The topological polar surface area (TPSA) is 35.2 Å². The van der Waals surface area contributed by atoms with E-state index in [1.807, 2.05) is 6.07 Å². The SMILES string of the molecule is COc1ccc2c(c1CN)CCCC2. The Bertz CT molecular complexity index is 318. The van der Waals surface area contributed by atoms with E-state index in [1.165, 1.54) is 42.4 Å². The van der Waals surface area contributed by atoms with E-state index in [4.69, 9.17) is 10.5 Å². The first-order valence-electron chi connectivity index (χ1n) is 5.24. The van der Waals surface area contributed by atoms with Gasteiger partial charge in [0.25, 0.3) is 0 Å². The Hall–Kier alpha value is -1.02. The third-order valence-corrected chi connectivity index (χ3v) is 3.03. The molecule has 1 aliphatic carbocycles. The molecular formula is C12H17NO. The van der Waals surface area contributed by atoms with Crippen molar-refractivity contribution in [2.75, 3.05) is 7.11 Å². The van der Waals surface area contributed by atoms with E-state index >= 15 is 0 Å². The predicted octanol–water partition coefficient (Wildman–Crippen LogP) is 2.03. The van der Waals surface area contributed by atoms with Crippen LogP contribution >= 0.6 is 0 Å². The van der Waals surface area contributed by atoms with Crippen molar-refractivity contribution in [2.45, 2.75) is 32.2 Å². The van der Waals surface area contributed by atoms with Crippen LogP contribution in [-0.2, 0) is 19.4 Å². The fourth-order valence-electron chi connectivity index (χ4n) is 2.30. The van der Waals surface area contributed by atoms with Crippen molar-refractivity contribution in [3.63, 3.8) is 0 Å². The summed E-state index contributed by atoms with van der Waals surface area (Å²) in [5.74, 6) is 0.952. The van der Waals surface area contributed by atoms with Gasteiger partial charge in [-0.05, 0) is 42.9 Å². The molecule has 2 rings (SSSR count). The quantitative estimate of drug-likeness (QED) is 0.776. The van der Waals surface area contributed by atoms with E-state index in [0.29, 0.717) is 6.54 Å². The summed E-state index contributed by atoms with van der Waals surface area (Å²) >= 11 is 0. The molecule has 0 fully saturated rings. The number of fused-ring (bicyclic) bond motifs is 1. The molecule has 0 radical (unpaired) electrons. The lowest BCUT2D eigenvalue weighted by Gasteiger charge is -2.20. The second-order valence-corrected chi connectivity index (χ2v) is 3.80. The average Bonchev–Trinajstić information content (AvgIpc) is 2.27. The monoisotopic (exact) mass is 191 g/mol. The minimum atomic E-state index is 0.590. The van der Waals surface area contributed by atoms with Crippen molar-refractivity contribution < 1.29 is 4.74 Å². The van der Waals surface area contributed by atoms with Crippen molar-refractivity contribution in [1.82, 2.24) is 0 Å². The molecule has 0 bridgehead atoms. The zero-order valence-corrected chi connectivity index (χ0v) is 8.68. The summed E-state index contributed by atoms with van der Waals surface area (Å²) in [6.45, 7) is 0.590. The van der Waals surface area contributed by atoms with Crippen LogP contribution in [0.2, 0.25) is 0 Å². The summed E-state index contributed by atoms with van der Waals surface area (Å²) in [6, 6.07) is 4.23. The molecule has 0 amide bonds. The number of hydrogen-bond donors (Lipinski definition) is 1. The molecule has 1 aromatic rings. The van der Waals surface area contributed by atoms with E-state index in [0.717, 1.165) is 5.75 Å². The lowest BCUT2D eigenvalue weighted by molar-refractivity contribution is 0.408. The van der Waals surface area contributed by atoms with Gasteiger partial charge in [0.15, 0.2) is 0 Å². The Morgan fingerprint density at radius 3 is 2.79 bits per heavy atom. The lowest BCUT2D eigenvalue weighted by Crippen LogP contribution is -2.10. The van der Waals surface area contributed by atoms with E-state index in [1.54, 1.807) is 7.11 Å². The van der Waals surface area contributed by atoms with Crippen molar-refractivity contribution in [1.29, 1.82) is 0 Å². The molecule has 0 unspecified atom stereocenters. The minimum absolute atomic E-state index is 0.590. The van der Waals surface area contributed by atoms with Crippen molar-refractivity contribution >= 4 is 0 Å². The van der Waals surface area contributed by atoms with Gasteiger partial charge in [-0.15, -0.1) is 0 Å². The molecule has 1 aromatic carbocycles. The normalized spacial score (nSPS) is 15.0. The minimum Gasteiger partial charge on any atom is -0.496 e. The summed E-state index contributed by atoms with van der Waals surface area (Å²) in [5.41, 5.74) is 9.90. The molecule has 76 valence electrons. The van der Waals surface area contributed by atoms with Crippen LogP contribution in [0.4, 0.5) is 0 Å². The molecule has 0 atom stereocenters. The van der Waals surface area contributed by atoms with Crippen LogP contribution in [-0.4, -0.2) is 7.11 Å². The highest BCUT2D eigenvalue weighted by molar-refractivity contribution is 5.46. The standard InChI is InChI=1S/C12H17NO/c1-14-12-7-6-9-4-2-3-5-10(9)11(12)8-13/h6-7H,2-5,8,13H2,1H3. The van der Waals surface area contributed by atoms with Crippen LogP contribution < -0.4 is 10.5 Å². The number of benzene rings is 1. The highest BCUT2D eigenvalue weighted by atomic mass is 16.5. The van der Waals surface area contributed by atoms with Gasteiger partial charge in [0.2, 0.25) is 0 Å². The summed E-state index contributed by atoms with van der Waals surface area (Å²) in [4.78, 5) is 0. The number of aryl methyl sites for hydroxylation is 1. The molecule has 0 aromatic heterocycles. The Balaban J connectivity index is 2.50. The molecule has 0 aliphatic heterocycles. The third-order valence-electron chi connectivity index (χ3n) is 3.03. The van der Waals surface area contributed by atoms with Gasteiger partial charge in [-0.1, -0.05) is 6.07 Å². The number of nitrogens with two attached hydrogens (primary N) is 1. The summed E-state index contributed by atoms with van der Waals surface area (Å²) in [6.07, 6.45) is 4.96. The first-order valence-corrected chi connectivity index (χ1v) is 5.24. The Morgan fingerprint density at radius 2 is 2.07 bits per heavy atom. The van der Waals surface area contributed by atoms with E-state index < -0.39 is 0 Å². The average molecular weight is 191 g/mol. The molecule has 2 nitrogen and oxygen atoms in total. The van der Waals surface area contributed by atoms with Gasteiger partial charge in [-0.3, -0.25) is 0 Å². The van der Waals surface area contributed by atoms with E-state index in [9.17, 15) is 0 Å². The van der Waals surface area contributed by atoms with Crippen molar-refractivity contribution in [2.24, 2.45) is 5.73 Å². The molecule has 14 heavy (non-hydrogen) atoms. The summed E-state index contributed by atoms with van der Waals surface area (Å²) in [7, 11) is 1.71. The fourth-order valence-corrected chi connectivity index (χ4v) is 2.30. The maximum atomic E-state index is 5.77. The van der Waals surface area contributed by atoms with Crippen molar-refractivity contribution in [3.05, 3.63) is 28.8 Å². The molecular weight excluding hydrogens is 174 g/mol. The van der Waals surface area contributed by atoms with Gasteiger partial charge in [0, 0.05) is 12.1 Å². The van der Waals surface area contributed by atoms with Gasteiger partial charge in [0.05, 0.1) is 7.11 Å². The second kappa shape index (κ2) is 4.01. The van der Waals surface area contributed by atoms with Crippen LogP contribution in [0.25, 0.3) is 0 Å². The van der Waals surface area contributed by atoms with E-state index in [-0.39, 0.29) is 0 Å². The second-order valence-electron chi connectivity index (χ2n) is 3.80. The summed E-state index contributed by atoms with van der Waals surface area (Å²) in [5, 5.41) is 0. The lowest BCUT2D eigenvalue weighted by atomic mass is 9.88. The third kappa shape index (κ3) is 1.50. The van der Waals surface area contributed by atoms with Gasteiger partial charge in [0.1, 0.15) is 5.75 Å². The molecule has 2 N–H and O–H groups in total. The number of rotatable bonds is 2. The van der Waals surface area contributed by atoms with Gasteiger partial charge in [-0.2, -0.15) is 0 Å². The van der Waals surface area contributed by atoms with Crippen LogP contribution in [0.5, 0.6) is 5.75 Å². The van der Waals surface area contributed by atoms with Crippen LogP contribution in [0, 0.1) is 0 Å². The molecule has 1 aliphatic rings. The molecule has 0 saturated heterocycles. The van der Waals surface area contributed by atoms with Crippen LogP contribution in [0.3, 0.4) is 0 Å². The zero-order chi connectivity index (χ0) is 9.97. The highest BCUT2D eigenvalue weighted by Gasteiger charge is 2.15. The van der Waals surface area contributed by atoms with E-state index in [2.05, 4.69) is 6.07 Å². The predicted molar refractivity (Wildman–Crippen MR) is 57.5 cm³/mol. The van der Waals surface area contributed by atoms with Crippen molar-refractivity contribution in [3.8, 4) is 5.75 Å². The fraction of sp³-hybridized carbons (Fsp3) is 0.500. The Labute approximate surface area is 85.1 Å². The van der Waals surface area contributed by atoms with Crippen LogP contribution in [0.15, 0.2) is 12.1 Å². The maximum absolute atomic E-state index is 5.77. The molecule has 0 heterocycles.